The van der Waals surface area contributed by atoms with Crippen LogP contribution in [-0.4, -0.2) is 43.7 Å². The van der Waals surface area contributed by atoms with Crippen LogP contribution in [0.4, 0.5) is 5.69 Å². The van der Waals surface area contributed by atoms with Gasteiger partial charge < -0.3 is 15.0 Å². The maximum absolute atomic E-state index is 12.6. The number of hydrogen-bond donors (Lipinski definition) is 1. The molecule has 102 valence electrons. The lowest BCUT2D eigenvalue weighted by Crippen LogP contribution is -2.38. The van der Waals surface area contributed by atoms with Crippen molar-refractivity contribution in [1.82, 2.24) is 4.90 Å². The van der Waals surface area contributed by atoms with E-state index in [1.165, 1.54) is 11.3 Å². The number of amides is 1. The van der Waals surface area contributed by atoms with Crippen LogP contribution in [0.3, 0.4) is 0 Å². The molecule has 0 aromatic heterocycles. The van der Waals surface area contributed by atoms with Crippen molar-refractivity contribution in [2.45, 2.75) is 25.3 Å². The molecule has 2 aliphatic rings. The Balaban J connectivity index is 1.79. The van der Waals surface area contributed by atoms with Crippen molar-refractivity contribution in [1.29, 1.82) is 0 Å². The van der Waals surface area contributed by atoms with Crippen molar-refractivity contribution in [2.75, 3.05) is 32.1 Å². The third-order valence-corrected chi connectivity index (χ3v) is 4.06. The minimum atomic E-state index is 0.147. The summed E-state index contributed by atoms with van der Waals surface area (Å²) in [6, 6.07) is 6.24. The number of methoxy groups -OCH3 is 1. The minimum absolute atomic E-state index is 0.147. The van der Waals surface area contributed by atoms with Gasteiger partial charge in [-0.05, 0) is 43.0 Å². The molecule has 0 spiro atoms. The lowest BCUT2D eigenvalue weighted by Gasteiger charge is -2.24. The highest BCUT2D eigenvalue weighted by molar-refractivity contribution is 5.95. The van der Waals surface area contributed by atoms with Crippen molar-refractivity contribution in [3.8, 4) is 0 Å². The second kappa shape index (κ2) is 5.21. The van der Waals surface area contributed by atoms with Crippen LogP contribution in [0.2, 0.25) is 0 Å². The highest BCUT2D eigenvalue weighted by Gasteiger charge is 2.29. The van der Waals surface area contributed by atoms with E-state index in [0.717, 1.165) is 37.9 Å². The van der Waals surface area contributed by atoms with Gasteiger partial charge in [0.15, 0.2) is 0 Å². The fraction of sp³-hybridized carbons (Fsp3) is 0.533. The van der Waals surface area contributed by atoms with Gasteiger partial charge in [0, 0.05) is 31.5 Å². The molecule has 2 heterocycles. The summed E-state index contributed by atoms with van der Waals surface area (Å²) in [7, 11) is 1.70. The van der Waals surface area contributed by atoms with Crippen molar-refractivity contribution >= 4 is 11.6 Å². The van der Waals surface area contributed by atoms with Crippen LogP contribution in [0.25, 0.3) is 0 Å². The maximum Gasteiger partial charge on any atom is 0.254 e. The van der Waals surface area contributed by atoms with Crippen LogP contribution in [0.1, 0.15) is 28.8 Å². The number of carbonyl (C=O) groups is 1. The first-order valence-electron chi connectivity index (χ1n) is 6.96. The SMILES string of the molecule is COCC1CCCN1C(=O)c1ccc2c(c1)CCN2. The van der Waals surface area contributed by atoms with Crippen LogP contribution in [-0.2, 0) is 11.2 Å². The Morgan fingerprint density at radius 2 is 2.42 bits per heavy atom. The van der Waals surface area contributed by atoms with Gasteiger partial charge in [-0.15, -0.1) is 0 Å². The largest absolute Gasteiger partial charge is 0.384 e. The molecule has 3 rings (SSSR count). The van der Waals surface area contributed by atoms with Gasteiger partial charge in [-0.1, -0.05) is 0 Å². The molecular weight excluding hydrogens is 240 g/mol. The monoisotopic (exact) mass is 260 g/mol. The molecule has 1 saturated heterocycles. The summed E-state index contributed by atoms with van der Waals surface area (Å²) in [6.45, 7) is 2.46. The predicted molar refractivity (Wildman–Crippen MR) is 74.6 cm³/mol. The third kappa shape index (κ3) is 2.32. The molecule has 2 aliphatic heterocycles. The fourth-order valence-electron chi connectivity index (χ4n) is 3.07. The molecule has 1 amide bonds. The number of rotatable bonds is 3. The van der Waals surface area contributed by atoms with Gasteiger partial charge in [0.1, 0.15) is 0 Å². The number of hydrogen-bond acceptors (Lipinski definition) is 3. The molecule has 19 heavy (non-hydrogen) atoms. The number of fused-ring (bicyclic) bond motifs is 1. The van der Waals surface area contributed by atoms with Gasteiger partial charge in [-0.3, -0.25) is 4.79 Å². The van der Waals surface area contributed by atoms with Crippen molar-refractivity contribution in [3.05, 3.63) is 29.3 Å². The van der Waals surface area contributed by atoms with Gasteiger partial charge in [0.05, 0.1) is 12.6 Å². The normalized spacial score (nSPS) is 21.3. The number of nitrogens with zero attached hydrogens (tertiary/aromatic N) is 1. The van der Waals surface area contributed by atoms with E-state index >= 15 is 0 Å². The topological polar surface area (TPSA) is 41.6 Å². The second-order valence-corrected chi connectivity index (χ2v) is 5.30. The zero-order valence-electron chi connectivity index (χ0n) is 11.3. The zero-order chi connectivity index (χ0) is 13.2. The van der Waals surface area contributed by atoms with E-state index in [1.807, 2.05) is 23.1 Å². The highest BCUT2D eigenvalue weighted by Crippen LogP contribution is 2.26. The average Bonchev–Trinajstić information content (AvgIpc) is 3.05. The van der Waals surface area contributed by atoms with Crippen molar-refractivity contribution in [2.24, 2.45) is 0 Å². The van der Waals surface area contributed by atoms with Crippen LogP contribution >= 0.6 is 0 Å². The van der Waals surface area contributed by atoms with E-state index in [1.54, 1.807) is 7.11 Å². The van der Waals surface area contributed by atoms with E-state index in [-0.39, 0.29) is 11.9 Å². The van der Waals surface area contributed by atoms with Crippen LogP contribution in [0.15, 0.2) is 18.2 Å². The molecule has 1 N–H and O–H groups in total. The Morgan fingerprint density at radius 3 is 3.26 bits per heavy atom. The molecule has 1 aromatic rings. The Bertz CT molecular complexity index is 487. The molecule has 1 fully saturated rings. The first-order chi connectivity index (χ1) is 9.29. The number of carbonyl (C=O) groups excluding carboxylic acids is 1. The summed E-state index contributed by atoms with van der Waals surface area (Å²) in [5.41, 5.74) is 3.24. The minimum Gasteiger partial charge on any atom is -0.384 e. The van der Waals surface area contributed by atoms with Crippen molar-refractivity contribution in [3.63, 3.8) is 0 Å². The standard InChI is InChI=1S/C15H20N2O2/c1-19-10-13-3-2-8-17(13)15(18)12-4-5-14-11(9-12)6-7-16-14/h4-5,9,13,16H,2-3,6-8,10H2,1H3. The summed E-state index contributed by atoms with van der Waals surface area (Å²) in [5, 5.41) is 3.32. The zero-order valence-corrected chi connectivity index (χ0v) is 11.3. The third-order valence-electron chi connectivity index (χ3n) is 4.06. The molecule has 0 radical (unpaired) electrons. The van der Waals surface area contributed by atoms with E-state index in [9.17, 15) is 4.79 Å². The summed E-state index contributed by atoms with van der Waals surface area (Å²) in [4.78, 5) is 14.5. The second-order valence-electron chi connectivity index (χ2n) is 5.30. The quantitative estimate of drug-likeness (QED) is 0.902. The summed E-state index contributed by atoms with van der Waals surface area (Å²) in [5.74, 6) is 0.147. The molecule has 0 bridgehead atoms. The fourth-order valence-corrected chi connectivity index (χ4v) is 3.07. The number of nitrogens with one attached hydrogen (secondary N) is 1. The number of benzene rings is 1. The Morgan fingerprint density at radius 1 is 1.53 bits per heavy atom. The first kappa shape index (κ1) is 12.5. The van der Waals surface area contributed by atoms with Gasteiger partial charge in [-0.25, -0.2) is 0 Å². The van der Waals surface area contributed by atoms with E-state index in [2.05, 4.69) is 5.32 Å². The van der Waals surface area contributed by atoms with Crippen LogP contribution < -0.4 is 5.32 Å². The van der Waals surface area contributed by atoms with Gasteiger partial charge >= 0.3 is 0 Å². The molecule has 4 heteroatoms. The van der Waals surface area contributed by atoms with Gasteiger partial charge in [-0.2, -0.15) is 0 Å². The van der Waals surface area contributed by atoms with E-state index in [0.29, 0.717) is 6.61 Å². The van der Waals surface area contributed by atoms with Gasteiger partial charge in [0.25, 0.3) is 5.91 Å². The molecule has 1 atom stereocenters. The molecule has 1 aromatic carbocycles. The molecule has 0 aliphatic carbocycles. The number of likely N-dealkylation sites (tertiary alicyclic amines) is 1. The Labute approximate surface area is 113 Å². The average molecular weight is 260 g/mol. The molecular formula is C15H20N2O2. The van der Waals surface area contributed by atoms with Crippen molar-refractivity contribution < 1.29 is 9.53 Å². The number of ether oxygens (including phenoxy) is 1. The van der Waals surface area contributed by atoms with Crippen LogP contribution in [0.5, 0.6) is 0 Å². The molecule has 0 saturated carbocycles. The van der Waals surface area contributed by atoms with Crippen LogP contribution in [0, 0.1) is 0 Å². The summed E-state index contributed by atoms with van der Waals surface area (Å²) < 4.78 is 5.21. The lowest BCUT2D eigenvalue weighted by atomic mass is 10.1. The highest BCUT2D eigenvalue weighted by atomic mass is 16.5. The number of anilines is 1. The predicted octanol–water partition coefficient (Wildman–Crippen LogP) is 1.91. The molecule has 1 unspecified atom stereocenters. The van der Waals surface area contributed by atoms with E-state index < -0.39 is 0 Å². The summed E-state index contributed by atoms with van der Waals surface area (Å²) >= 11 is 0. The Kier molecular flexibility index (Phi) is 3.42. The summed E-state index contributed by atoms with van der Waals surface area (Å²) in [6.07, 6.45) is 3.14. The van der Waals surface area contributed by atoms with E-state index in [4.69, 9.17) is 4.74 Å². The van der Waals surface area contributed by atoms with Gasteiger partial charge in [0.2, 0.25) is 0 Å². The maximum atomic E-state index is 12.6. The molecule has 4 nitrogen and oxygen atoms in total. The lowest BCUT2D eigenvalue weighted by molar-refractivity contribution is 0.0630. The Hall–Kier alpha value is -1.55. The smallest absolute Gasteiger partial charge is 0.254 e. The first-order valence-corrected chi connectivity index (χ1v) is 6.96.